The Morgan fingerprint density at radius 1 is 1.17 bits per heavy atom. The number of ether oxygens (including phenoxy) is 2. The van der Waals surface area contributed by atoms with Crippen LogP contribution in [0.4, 0.5) is 20.3 Å². The molecule has 1 aromatic heterocycles. The molecule has 1 atom stereocenters. The predicted octanol–water partition coefficient (Wildman–Crippen LogP) is 3.10. The van der Waals surface area contributed by atoms with Gasteiger partial charge in [0.15, 0.2) is 17.3 Å². The zero-order valence-electron chi connectivity index (χ0n) is 13.0. The number of nitrogens with zero attached hydrogens (tertiary/aromatic N) is 3. The molecule has 24 heavy (non-hydrogen) atoms. The Balaban J connectivity index is 1.55. The molecule has 0 radical (unpaired) electrons. The molecule has 4 heterocycles. The molecule has 0 N–H and O–H groups in total. The lowest BCUT2D eigenvalue weighted by Crippen LogP contribution is -2.40. The molecule has 1 aromatic carbocycles. The van der Waals surface area contributed by atoms with E-state index in [0.717, 1.165) is 42.3 Å². The molecule has 0 amide bonds. The van der Waals surface area contributed by atoms with Gasteiger partial charge in [0.25, 0.3) is 0 Å². The van der Waals surface area contributed by atoms with E-state index in [2.05, 4.69) is 32.4 Å². The Kier molecular flexibility index (Phi) is 2.59. The Morgan fingerprint density at radius 2 is 2.00 bits per heavy atom. The average molecular weight is 331 g/mol. The maximum absolute atomic E-state index is 13.2. The number of fused-ring (bicyclic) bond motifs is 5. The summed E-state index contributed by atoms with van der Waals surface area (Å²) in [5.74, 6) is 1.02. The van der Waals surface area contributed by atoms with Gasteiger partial charge in [0.05, 0.1) is 11.4 Å². The van der Waals surface area contributed by atoms with Gasteiger partial charge in [-0.15, -0.1) is 8.78 Å². The first-order chi connectivity index (χ1) is 11.5. The first kappa shape index (κ1) is 13.8. The number of hydrogen-bond acceptors (Lipinski definition) is 5. The molecule has 0 spiro atoms. The van der Waals surface area contributed by atoms with E-state index in [1.54, 1.807) is 12.1 Å². The molecule has 0 unspecified atom stereocenters. The van der Waals surface area contributed by atoms with Crippen LogP contribution < -0.4 is 19.3 Å². The van der Waals surface area contributed by atoms with E-state index in [9.17, 15) is 8.78 Å². The Labute approximate surface area is 137 Å². The number of rotatable bonds is 1. The van der Waals surface area contributed by atoms with Crippen LogP contribution in [0.1, 0.15) is 6.42 Å². The summed E-state index contributed by atoms with van der Waals surface area (Å²) in [6, 6.07) is 9.20. The third-order valence-electron chi connectivity index (χ3n) is 4.94. The fraction of sp³-hybridized carbons (Fsp3) is 0.353. The lowest BCUT2D eigenvalue weighted by Gasteiger charge is -2.34. The molecular formula is C17H15F2N3O2. The summed E-state index contributed by atoms with van der Waals surface area (Å²) in [5, 5.41) is 0. The summed E-state index contributed by atoms with van der Waals surface area (Å²) in [6.07, 6.45) is -2.47. The molecular weight excluding hydrogens is 316 g/mol. The average Bonchev–Trinajstić information content (AvgIpc) is 3.12. The topological polar surface area (TPSA) is 37.8 Å². The van der Waals surface area contributed by atoms with Crippen molar-refractivity contribution in [3.8, 4) is 22.8 Å². The molecule has 5 rings (SSSR count). The molecule has 5 nitrogen and oxygen atoms in total. The summed E-state index contributed by atoms with van der Waals surface area (Å²) in [7, 11) is 2.06. The van der Waals surface area contributed by atoms with Crippen molar-refractivity contribution >= 4 is 11.5 Å². The van der Waals surface area contributed by atoms with E-state index < -0.39 is 6.29 Å². The third kappa shape index (κ3) is 1.93. The third-order valence-corrected chi connectivity index (χ3v) is 4.94. The maximum atomic E-state index is 13.2. The van der Waals surface area contributed by atoms with Crippen molar-refractivity contribution in [2.45, 2.75) is 18.8 Å². The van der Waals surface area contributed by atoms with Crippen LogP contribution in [0.5, 0.6) is 11.5 Å². The van der Waals surface area contributed by atoms with Gasteiger partial charge >= 0.3 is 6.29 Å². The van der Waals surface area contributed by atoms with Crippen LogP contribution in [0, 0.1) is 0 Å². The molecule has 2 aromatic rings. The predicted molar refractivity (Wildman–Crippen MR) is 84.9 cm³/mol. The first-order valence-corrected chi connectivity index (χ1v) is 7.89. The Hall–Kier alpha value is -2.57. The van der Waals surface area contributed by atoms with Gasteiger partial charge in [0, 0.05) is 31.7 Å². The number of alkyl halides is 2. The number of likely N-dealkylation sites (N-methyl/N-ethyl adjacent to an activating group) is 1. The highest BCUT2D eigenvalue weighted by Gasteiger charge is 2.43. The highest BCUT2D eigenvalue weighted by Crippen LogP contribution is 2.44. The highest BCUT2D eigenvalue weighted by atomic mass is 19.3. The normalized spacial score (nSPS) is 22.7. The minimum Gasteiger partial charge on any atom is -0.395 e. The van der Waals surface area contributed by atoms with E-state index in [0.29, 0.717) is 6.04 Å². The summed E-state index contributed by atoms with van der Waals surface area (Å²) in [6.45, 7) is 2.08. The van der Waals surface area contributed by atoms with Gasteiger partial charge < -0.3 is 19.3 Å². The Bertz CT molecular complexity index is 843. The zero-order chi connectivity index (χ0) is 16.5. The van der Waals surface area contributed by atoms with Gasteiger partial charge in [0.2, 0.25) is 0 Å². The molecule has 1 fully saturated rings. The maximum Gasteiger partial charge on any atom is 0.586 e. The van der Waals surface area contributed by atoms with Crippen molar-refractivity contribution in [2.24, 2.45) is 0 Å². The molecule has 1 saturated heterocycles. The fourth-order valence-electron chi connectivity index (χ4n) is 3.67. The first-order valence-electron chi connectivity index (χ1n) is 7.89. The van der Waals surface area contributed by atoms with Crippen LogP contribution in [0.15, 0.2) is 30.3 Å². The summed E-state index contributed by atoms with van der Waals surface area (Å²) in [4.78, 5) is 9.32. The number of halogens is 2. The summed E-state index contributed by atoms with van der Waals surface area (Å²) in [5.41, 5.74) is 2.58. The quantitative estimate of drug-likeness (QED) is 0.803. The van der Waals surface area contributed by atoms with Crippen LogP contribution >= 0.6 is 0 Å². The number of hydrogen-bond donors (Lipinski definition) is 0. The largest absolute Gasteiger partial charge is 0.586 e. The second kappa shape index (κ2) is 4.49. The molecule has 3 aliphatic rings. The summed E-state index contributed by atoms with van der Waals surface area (Å²) >= 11 is 0. The van der Waals surface area contributed by atoms with Crippen molar-refractivity contribution < 1.29 is 18.3 Å². The van der Waals surface area contributed by atoms with Crippen molar-refractivity contribution in [2.75, 3.05) is 29.9 Å². The smallest absolute Gasteiger partial charge is 0.395 e. The number of anilines is 2. The van der Waals surface area contributed by atoms with Crippen LogP contribution in [0.2, 0.25) is 0 Å². The van der Waals surface area contributed by atoms with Crippen molar-refractivity contribution in [1.82, 2.24) is 4.98 Å². The number of pyridine rings is 1. The van der Waals surface area contributed by atoms with Crippen LogP contribution in [-0.4, -0.2) is 37.5 Å². The molecule has 124 valence electrons. The van der Waals surface area contributed by atoms with Crippen LogP contribution in [0.25, 0.3) is 11.3 Å². The van der Waals surface area contributed by atoms with Crippen molar-refractivity contribution in [3.05, 3.63) is 30.3 Å². The minimum atomic E-state index is -3.60. The lowest BCUT2D eigenvalue weighted by atomic mass is 10.1. The Morgan fingerprint density at radius 3 is 2.88 bits per heavy atom. The second-order valence-corrected chi connectivity index (χ2v) is 6.37. The molecule has 7 heteroatoms. The van der Waals surface area contributed by atoms with Crippen LogP contribution in [-0.2, 0) is 0 Å². The van der Waals surface area contributed by atoms with Crippen molar-refractivity contribution in [1.29, 1.82) is 0 Å². The SMILES string of the molecule is CN1c2nc(-c3ccc4c(c3)OC(F)(F)O4)ccc2N2CC[C@H]1C2. The van der Waals surface area contributed by atoms with E-state index >= 15 is 0 Å². The van der Waals surface area contributed by atoms with Gasteiger partial charge in [-0.05, 0) is 36.8 Å². The van der Waals surface area contributed by atoms with E-state index in [1.165, 1.54) is 6.07 Å². The van der Waals surface area contributed by atoms with Gasteiger partial charge in [-0.25, -0.2) is 4.98 Å². The van der Waals surface area contributed by atoms with Gasteiger partial charge in [-0.1, -0.05) is 0 Å². The van der Waals surface area contributed by atoms with E-state index in [1.807, 2.05) is 6.07 Å². The molecule has 2 bridgehead atoms. The van der Waals surface area contributed by atoms with Gasteiger partial charge in [-0.3, -0.25) is 0 Å². The molecule has 3 aliphatic heterocycles. The molecule has 0 saturated carbocycles. The second-order valence-electron chi connectivity index (χ2n) is 6.37. The fourth-order valence-corrected chi connectivity index (χ4v) is 3.67. The molecule has 0 aliphatic carbocycles. The highest BCUT2D eigenvalue weighted by molar-refractivity contribution is 5.76. The number of aromatic nitrogens is 1. The van der Waals surface area contributed by atoms with Gasteiger partial charge in [0.1, 0.15) is 0 Å². The van der Waals surface area contributed by atoms with E-state index in [4.69, 9.17) is 4.98 Å². The number of benzene rings is 1. The monoisotopic (exact) mass is 331 g/mol. The standard InChI is InChI=1S/C17H15F2N3O2/c1-21-11-6-7-22(9-11)13-4-3-12(20-16(13)21)10-2-5-14-15(8-10)24-17(18,19)23-14/h2-5,8,11H,6-7,9H2,1H3/t11-/m0/s1. The zero-order valence-corrected chi connectivity index (χ0v) is 13.0. The minimum absolute atomic E-state index is 0.0363. The van der Waals surface area contributed by atoms with Crippen LogP contribution in [0.3, 0.4) is 0 Å². The lowest BCUT2D eigenvalue weighted by molar-refractivity contribution is -0.286. The van der Waals surface area contributed by atoms with E-state index in [-0.39, 0.29) is 11.5 Å². The van der Waals surface area contributed by atoms with Crippen molar-refractivity contribution in [3.63, 3.8) is 0 Å². The summed E-state index contributed by atoms with van der Waals surface area (Å²) < 4.78 is 35.3. The van der Waals surface area contributed by atoms with Gasteiger partial charge in [-0.2, -0.15) is 0 Å².